The zero-order valence-electron chi connectivity index (χ0n) is 7.21. The third-order valence-electron chi connectivity index (χ3n) is 2.51. The van der Waals surface area contributed by atoms with E-state index in [0.717, 1.165) is 6.07 Å². The minimum atomic E-state index is -2.00. The van der Waals surface area contributed by atoms with E-state index in [2.05, 4.69) is 0 Å². The molecule has 1 aromatic rings. The summed E-state index contributed by atoms with van der Waals surface area (Å²) in [5.41, 5.74) is -2.15. The Morgan fingerprint density at radius 1 is 1.50 bits per heavy atom. The van der Waals surface area contributed by atoms with Gasteiger partial charge in [0.05, 0.1) is 5.92 Å². The first-order chi connectivity index (χ1) is 6.55. The number of halogens is 2. The summed E-state index contributed by atoms with van der Waals surface area (Å²) in [4.78, 5) is 10.5. The monoisotopic (exact) mass is 198 g/mol. The Hall–Kier alpha value is -1.45. The molecule has 0 spiro atoms. The Morgan fingerprint density at radius 2 is 2.14 bits per heavy atom. The van der Waals surface area contributed by atoms with E-state index >= 15 is 0 Å². The third-order valence-corrected chi connectivity index (χ3v) is 2.51. The van der Waals surface area contributed by atoms with E-state index in [9.17, 15) is 13.6 Å². The number of rotatable bonds is 2. The van der Waals surface area contributed by atoms with Crippen molar-refractivity contribution in [3.63, 3.8) is 0 Å². The van der Waals surface area contributed by atoms with Crippen LogP contribution in [0.25, 0.3) is 0 Å². The van der Waals surface area contributed by atoms with Crippen molar-refractivity contribution in [2.24, 2.45) is 5.92 Å². The summed E-state index contributed by atoms with van der Waals surface area (Å²) in [7, 11) is 0. The van der Waals surface area contributed by atoms with Gasteiger partial charge >= 0.3 is 5.97 Å². The highest BCUT2D eigenvalue weighted by molar-refractivity contribution is 5.76. The van der Waals surface area contributed by atoms with Crippen LogP contribution in [0.2, 0.25) is 0 Å². The summed E-state index contributed by atoms with van der Waals surface area (Å²) >= 11 is 0. The van der Waals surface area contributed by atoms with Gasteiger partial charge in [-0.25, -0.2) is 8.78 Å². The molecule has 0 heterocycles. The molecule has 2 atom stereocenters. The summed E-state index contributed by atoms with van der Waals surface area (Å²) in [6.45, 7) is 0. The van der Waals surface area contributed by atoms with E-state index in [-0.39, 0.29) is 12.0 Å². The maximum atomic E-state index is 13.8. The quantitative estimate of drug-likeness (QED) is 0.790. The van der Waals surface area contributed by atoms with Crippen molar-refractivity contribution in [2.45, 2.75) is 12.1 Å². The second kappa shape index (κ2) is 2.77. The molecule has 2 unspecified atom stereocenters. The maximum absolute atomic E-state index is 13.8. The van der Waals surface area contributed by atoms with Gasteiger partial charge in [-0.15, -0.1) is 0 Å². The van der Waals surface area contributed by atoms with Crippen molar-refractivity contribution in [1.29, 1.82) is 0 Å². The fraction of sp³-hybridized carbons (Fsp3) is 0.300. The lowest BCUT2D eigenvalue weighted by molar-refractivity contribution is -0.139. The molecule has 0 aromatic heterocycles. The molecular formula is C10H8F2O2. The number of benzene rings is 1. The van der Waals surface area contributed by atoms with Gasteiger partial charge in [-0.1, -0.05) is 18.2 Å². The number of carboxylic acid groups (broad SMARTS) is 1. The molecule has 0 aliphatic heterocycles. The van der Waals surface area contributed by atoms with Gasteiger partial charge in [-0.2, -0.15) is 0 Å². The molecule has 1 saturated carbocycles. The third kappa shape index (κ3) is 1.18. The van der Waals surface area contributed by atoms with Crippen LogP contribution in [0.15, 0.2) is 24.3 Å². The highest BCUT2D eigenvalue weighted by Gasteiger charge is 2.62. The van der Waals surface area contributed by atoms with Crippen LogP contribution in [-0.2, 0) is 10.5 Å². The van der Waals surface area contributed by atoms with Gasteiger partial charge in [0, 0.05) is 12.0 Å². The number of carbonyl (C=O) groups is 1. The Morgan fingerprint density at radius 3 is 2.64 bits per heavy atom. The van der Waals surface area contributed by atoms with Crippen LogP contribution >= 0.6 is 0 Å². The minimum Gasteiger partial charge on any atom is -0.481 e. The lowest BCUT2D eigenvalue weighted by Crippen LogP contribution is -2.11. The zero-order chi connectivity index (χ0) is 10.3. The molecule has 1 N–H and O–H groups in total. The first kappa shape index (κ1) is 9.12. The highest BCUT2D eigenvalue weighted by atomic mass is 19.2. The van der Waals surface area contributed by atoms with Crippen molar-refractivity contribution in [1.82, 2.24) is 0 Å². The molecule has 74 valence electrons. The predicted molar refractivity (Wildman–Crippen MR) is 44.9 cm³/mol. The maximum Gasteiger partial charge on any atom is 0.310 e. The number of hydrogen-bond acceptors (Lipinski definition) is 1. The molecule has 1 fully saturated rings. The summed E-state index contributed by atoms with van der Waals surface area (Å²) in [5.74, 6) is -2.99. The fourth-order valence-corrected chi connectivity index (χ4v) is 1.62. The van der Waals surface area contributed by atoms with Gasteiger partial charge in [-0.3, -0.25) is 4.79 Å². The topological polar surface area (TPSA) is 37.3 Å². The van der Waals surface area contributed by atoms with Crippen molar-refractivity contribution in [3.05, 3.63) is 35.6 Å². The van der Waals surface area contributed by atoms with Gasteiger partial charge in [-0.05, 0) is 6.07 Å². The smallest absolute Gasteiger partial charge is 0.310 e. The molecular weight excluding hydrogens is 190 g/mol. The van der Waals surface area contributed by atoms with E-state index in [1.54, 1.807) is 0 Å². The molecule has 2 rings (SSSR count). The van der Waals surface area contributed by atoms with Crippen molar-refractivity contribution in [3.8, 4) is 0 Å². The van der Waals surface area contributed by atoms with Crippen LogP contribution in [0.5, 0.6) is 0 Å². The van der Waals surface area contributed by atoms with Crippen LogP contribution in [0.4, 0.5) is 8.78 Å². The molecule has 0 saturated heterocycles. The van der Waals surface area contributed by atoms with Gasteiger partial charge in [0.15, 0.2) is 5.67 Å². The number of carboxylic acids is 1. The first-order valence-electron chi connectivity index (χ1n) is 4.22. The predicted octanol–water partition coefficient (Wildman–Crippen LogP) is 2.09. The van der Waals surface area contributed by atoms with Gasteiger partial charge < -0.3 is 5.11 Å². The Bertz CT molecular complexity index is 391. The Kier molecular flexibility index (Phi) is 1.80. The van der Waals surface area contributed by atoms with Crippen molar-refractivity contribution in [2.75, 3.05) is 0 Å². The first-order valence-corrected chi connectivity index (χ1v) is 4.22. The molecule has 1 aromatic carbocycles. The molecule has 0 radical (unpaired) electrons. The molecule has 1 aliphatic carbocycles. The summed E-state index contributed by atoms with van der Waals surface area (Å²) in [5, 5.41) is 8.58. The number of alkyl halides is 1. The largest absolute Gasteiger partial charge is 0.481 e. The van der Waals surface area contributed by atoms with Gasteiger partial charge in [0.25, 0.3) is 0 Å². The summed E-state index contributed by atoms with van der Waals surface area (Å²) in [6, 6.07) is 5.36. The lowest BCUT2D eigenvalue weighted by Gasteiger charge is -2.06. The van der Waals surface area contributed by atoms with Crippen LogP contribution in [0.1, 0.15) is 12.0 Å². The molecule has 0 bridgehead atoms. The molecule has 0 amide bonds. The second-order valence-corrected chi connectivity index (χ2v) is 3.44. The standard InChI is InChI=1S/C10H8F2O2/c11-8-4-2-1-3-6(8)10(12)5-7(10)9(13)14/h1-4,7H,5H2,(H,13,14). The Balaban J connectivity index is 2.34. The molecule has 1 aliphatic rings. The van der Waals surface area contributed by atoms with Crippen LogP contribution in [0, 0.1) is 11.7 Å². The highest BCUT2D eigenvalue weighted by Crippen LogP contribution is 2.56. The average molecular weight is 198 g/mol. The van der Waals surface area contributed by atoms with Crippen molar-refractivity contribution < 1.29 is 18.7 Å². The SMILES string of the molecule is O=C(O)C1CC1(F)c1ccccc1F. The van der Waals surface area contributed by atoms with Crippen LogP contribution in [-0.4, -0.2) is 11.1 Å². The normalized spacial score (nSPS) is 30.0. The summed E-state index contributed by atoms with van der Waals surface area (Å²) < 4.78 is 26.9. The van der Waals surface area contributed by atoms with E-state index in [4.69, 9.17) is 5.11 Å². The molecule has 4 heteroatoms. The molecule has 2 nitrogen and oxygen atoms in total. The average Bonchev–Trinajstić information content (AvgIpc) is 2.80. The molecule has 14 heavy (non-hydrogen) atoms. The second-order valence-electron chi connectivity index (χ2n) is 3.44. The lowest BCUT2D eigenvalue weighted by atomic mass is 10.1. The van der Waals surface area contributed by atoms with Gasteiger partial charge in [0.2, 0.25) is 0 Å². The Labute approximate surface area is 79.2 Å². The van der Waals surface area contributed by atoms with E-state index in [0.29, 0.717) is 0 Å². The number of hydrogen-bond donors (Lipinski definition) is 1. The van der Waals surface area contributed by atoms with Crippen LogP contribution < -0.4 is 0 Å². The number of aliphatic carboxylic acids is 1. The van der Waals surface area contributed by atoms with E-state index < -0.39 is 23.4 Å². The fourth-order valence-electron chi connectivity index (χ4n) is 1.62. The zero-order valence-corrected chi connectivity index (χ0v) is 7.21. The van der Waals surface area contributed by atoms with Crippen LogP contribution in [0.3, 0.4) is 0 Å². The summed E-state index contributed by atoms with van der Waals surface area (Å²) in [6.07, 6.45) is -0.136. The minimum absolute atomic E-state index is 0.136. The van der Waals surface area contributed by atoms with Crippen molar-refractivity contribution >= 4 is 5.97 Å². The van der Waals surface area contributed by atoms with E-state index in [1.165, 1.54) is 18.2 Å². The van der Waals surface area contributed by atoms with E-state index in [1.807, 2.05) is 0 Å². The van der Waals surface area contributed by atoms with Gasteiger partial charge in [0.1, 0.15) is 5.82 Å².